The number of hydrogen-bond donors (Lipinski definition) is 1. The maximum Gasteiger partial charge on any atom is 0.193 e. The Hall–Kier alpha value is -0.860. The number of nitrogens with one attached hydrogen (secondary N) is 1. The highest BCUT2D eigenvalue weighted by atomic mass is 127. The third-order valence-electron chi connectivity index (χ3n) is 5.86. The summed E-state index contributed by atoms with van der Waals surface area (Å²) in [6.07, 6.45) is 1.22. The summed E-state index contributed by atoms with van der Waals surface area (Å²) in [5.74, 6) is 1.70. The van der Waals surface area contributed by atoms with Gasteiger partial charge in [-0.25, -0.2) is 0 Å². The number of aliphatic imine (C=N–C) groups is 1. The first-order valence-electron chi connectivity index (χ1n) is 9.30. The lowest BCUT2D eigenvalue weighted by molar-refractivity contribution is 0.0152. The summed E-state index contributed by atoms with van der Waals surface area (Å²) in [5, 5.41) is 3.65. The van der Waals surface area contributed by atoms with Crippen molar-refractivity contribution < 1.29 is 0 Å². The van der Waals surface area contributed by atoms with E-state index in [9.17, 15) is 0 Å². The quantitative estimate of drug-likeness (QED) is 0.427. The summed E-state index contributed by atoms with van der Waals surface area (Å²) in [6, 6.07) is 11.5. The smallest absolute Gasteiger partial charge is 0.193 e. The molecule has 2 unspecified atom stereocenters. The Labute approximate surface area is 168 Å². The first-order chi connectivity index (χ1) is 11.8. The molecule has 4 fully saturated rings. The molecule has 5 rings (SSSR count). The average molecular weight is 455 g/mol. The van der Waals surface area contributed by atoms with E-state index in [1.807, 2.05) is 7.05 Å². The van der Waals surface area contributed by atoms with Crippen LogP contribution in [0.1, 0.15) is 17.9 Å². The highest BCUT2D eigenvalue weighted by Gasteiger charge is 2.32. The van der Waals surface area contributed by atoms with Gasteiger partial charge in [0.25, 0.3) is 0 Å². The number of likely N-dealkylation sites (tertiary alicyclic amines) is 1. The number of nitrogens with zero attached hydrogens (tertiary/aromatic N) is 4. The molecule has 1 aromatic rings. The molecule has 2 atom stereocenters. The lowest BCUT2D eigenvalue weighted by Crippen LogP contribution is -2.63. The number of guanidine groups is 1. The molecule has 0 aromatic heterocycles. The Balaban J connectivity index is 0.00000182. The lowest BCUT2D eigenvalue weighted by atomic mass is 9.99. The van der Waals surface area contributed by atoms with Crippen LogP contribution in [0.2, 0.25) is 0 Å². The molecular formula is C19H30IN5. The fourth-order valence-corrected chi connectivity index (χ4v) is 4.41. The Morgan fingerprint density at radius 3 is 2.48 bits per heavy atom. The van der Waals surface area contributed by atoms with Crippen LogP contribution >= 0.6 is 24.0 Å². The van der Waals surface area contributed by atoms with Crippen LogP contribution in [0.15, 0.2) is 35.3 Å². The van der Waals surface area contributed by atoms with Crippen molar-refractivity contribution in [3.05, 3.63) is 35.9 Å². The molecule has 6 heteroatoms. The van der Waals surface area contributed by atoms with Gasteiger partial charge in [0.05, 0.1) is 0 Å². The highest BCUT2D eigenvalue weighted by molar-refractivity contribution is 14.0. The molecule has 2 bridgehead atoms. The first-order valence-corrected chi connectivity index (χ1v) is 9.30. The molecule has 5 nitrogen and oxygen atoms in total. The van der Waals surface area contributed by atoms with Gasteiger partial charge in [-0.3, -0.25) is 14.8 Å². The fourth-order valence-electron chi connectivity index (χ4n) is 4.41. The van der Waals surface area contributed by atoms with E-state index in [0.717, 1.165) is 25.6 Å². The first kappa shape index (κ1) is 18.9. The molecule has 138 valence electrons. The van der Waals surface area contributed by atoms with Crippen LogP contribution in [0.4, 0.5) is 0 Å². The summed E-state index contributed by atoms with van der Waals surface area (Å²) in [6.45, 7) is 9.33. The van der Waals surface area contributed by atoms with Crippen molar-refractivity contribution in [2.45, 2.75) is 18.4 Å². The summed E-state index contributed by atoms with van der Waals surface area (Å²) in [5.41, 5.74) is 1.46. The molecule has 1 aromatic carbocycles. The maximum absolute atomic E-state index is 4.54. The van der Waals surface area contributed by atoms with Crippen molar-refractivity contribution >= 4 is 29.9 Å². The van der Waals surface area contributed by atoms with E-state index < -0.39 is 0 Å². The molecule has 0 spiro atoms. The van der Waals surface area contributed by atoms with Gasteiger partial charge in [0.1, 0.15) is 0 Å². The largest absolute Gasteiger partial charge is 0.355 e. The number of fused-ring (bicyclic) bond motifs is 3. The van der Waals surface area contributed by atoms with Crippen molar-refractivity contribution in [2.75, 3.05) is 59.4 Å². The van der Waals surface area contributed by atoms with Gasteiger partial charge in [-0.05, 0) is 12.0 Å². The summed E-state index contributed by atoms with van der Waals surface area (Å²) < 4.78 is 0. The minimum absolute atomic E-state index is 0. The van der Waals surface area contributed by atoms with E-state index in [-0.39, 0.29) is 24.0 Å². The van der Waals surface area contributed by atoms with Crippen molar-refractivity contribution in [2.24, 2.45) is 4.99 Å². The normalized spacial score (nSPS) is 31.7. The second-order valence-electron chi connectivity index (χ2n) is 7.26. The number of rotatable bonds is 3. The molecule has 0 radical (unpaired) electrons. The molecule has 0 saturated carbocycles. The van der Waals surface area contributed by atoms with E-state index in [4.69, 9.17) is 0 Å². The van der Waals surface area contributed by atoms with Crippen LogP contribution in [-0.4, -0.2) is 86.1 Å². The zero-order chi connectivity index (χ0) is 16.4. The van der Waals surface area contributed by atoms with Crippen molar-refractivity contribution in [1.82, 2.24) is 20.0 Å². The zero-order valence-electron chi connectivity index (χ0n) is 15.1. The van der Waals surface area contributed by atoms with Gasteiger partial charge in [0.2, 0.25) is 0 Å². The van der Waals surface area contributed by atoms with Gasteiger partial charge >= 0.3 is 0 Å². The Morgan fingerprint density at radius 2 is 1.84 bits per heavy atom. The van der Waals surface area contributed by atoms with Crippen LogP contribution in [-0.2, 0) is 0 Å². The van der Waals surface area contributed by atoms with E-state index in [1.165, 1.54) is 44.7 Å². The van der Waals surface area contributed by atoms with E-state index in [2.05, 4.69) is 55.3 Å². The van der Waals surface area contributed by atoms with Gasteiger partial charge in [-0.2, -0.15) is 0 Å². The molecule has 4 saturated heterocycles. The maximum atomic E-state index is 4.54. The molecule has 1 N–H and O–H groups in total. The van der Waals surface area contributed by atoms with E-state index in [1.54, 1.807) is 0 Å². The van der Waals surface area contributed by atoms with Gasteiger partial charge < -0.3 is 10.2 Å². The number of halogens is 1. The van der Waals surface area contributed by atoms with Crippen molar-refractivity contribution in [1.29, 1.82) is 0 Å². The number of benzene rings is 1. The fraction of sp³-hybridized carbons (Fsp3) is 0.632. The monoisotopic (exact) mass is 455 g/mol. The Bertz CT molecular complexity index is 570. The number of piperazine rings is 3. The minimum Gasteiger partial charge on any atom is -0.355 e. The average Bonchev–Trinajstić information content (AvgIpc) is 3.14. The minimum atomic E-state index is 0. The molecule has 4 aliphatic heterocycles. The predicted molar refractivity (Wildman–Crippen MR) is 114 cm³/mol. The zero-order valence-corrected chi connectivity index (χ0v) is 17.4. The molecule has 0 aliphatic carbocycles. The van der Waals surface area contributed by atoms with Crippen LogP contribution < -0.4 is 5.32 Å². The SMILES string of the molecule is CN=C(NCC1CN2CCN1CC2)N1CCC(c2ccccc2)C1.I. The third kappa shape index (κ3) is 4.28. The van der Waals surface area contributed by atoms with Crippen molar-refractivity contribution in [3.8, 4) is 0 Å². The second kappa shape index (κ2) is 8.68. The van der Waals surface area contributed by atoms with Gasteiger partial charge in [-0.1, -0.05) is 30.3 Å². The van der Waals surface area contributed by atoms with E-state index in [0.29, 0.717) is 12.0 Å². The van der Waals surface area contributed by atoms with Gasteiger partial charge in [-0.15, -0.1) is 24.0 Å². The van der Waals surface area contributed by atoms with Gasteiger partial charge in [0.15, 0.2) is 5.96 Å². The third-order valence-corrected chi connectivity index (χ3v) is 5.86. The standard InChI is InChI=1S/C19H29N5.HI/c1-20-19(21-13-18-15-22-9-11-23(18)12-10-22)24-8-7-17(14-24)16-5-3-2-4-6-16;/h2-6,17-18H,7-15H2,1H3,(H,20,21);1H. The van der Waals surface area contributed by atoms with Crippen LogP contribution in [0.25, 0.3) is 0 Å². The van der Waals surface area contributed by atoms with Crippen LogP contribution in [0.5, 0.6) is 0 Å². The molecule has 0 amide bonds. The highest BCUT2D eigenvalue weighted by Crippen LogP contribution is 2.26. The lowest BCUT2D eigenvalue weighted by Gasteiger charge is -2.47. The molecule has 4 aliphatic rings. The van der Waals surface area contributed by atoms with Gasteiger partial charge in [0, 0.05) is 71.4 Å². The molecule has 4 heterocycles. The second-order valence-corrected chi connectivity index (χ2v) is 7.26. The molecule has 25 heavy (non-hydrogen) atoms. The Kier molecular flexibility index (Phi) is 6.57. The topological polar surface area (TPSA) is 34.1 Å². The predicted octanol–water partition coefficient (Wildman–Crippen LogP) is 1.67. The van der Waals surface area contributed by atoms with Crippen LogP contribution in [0, 0.1) is 0 Å². The summed E-state index contributed by atoms with van der Waals surface area (Å²) >= 11 is 0. The summed E-state index contributed by atoms with van der Waals surface area (Å²) in [7, 11) is 1.91. The van der Waals surface area contributed by atoms with Crippen molar-refractivity contribution in [3.63, 3.8) is 0 Å². The molecular weight excluding hydrogens is 425 g/mol. The van der Waals surface area contributed by atoms with Crippen LogP contribution in [0.3, 0.4) is 0 Å². The summed E-state index contributed by atoms with van der Waals surface area (Å²) in [4.78, 5) is 12.2. The van der Waals surface area contributed by atoms with E-state index >= 15 is 0 Å². The Morgan fingerprint density at radius 1 is 1.08 bits per heavy atom. The number of hydrogen-bond acceptors (Lipinski definition) is 3.